The van der Waals surface area contributed by atoms with E-state index < -0.39 is 4.92 Å². The molecule has 102 valence electrons. The van der Waals surface area contributed by atoms with Crippen LogP contribution in [0.15, 0.2) is 30.6 Å². The molecule has 0 unspecified atom stereocenters. The molecule has 0 aliphatic heterocycles. The van der Waals surface area contributed by atoms with E-state index in [1.165, 1.54) is 6.07 Å². The monoisotopic (exact) mass is 271 g/mol. The number of nitro benzene ring substituents is 1. The van der Waals surface area contributed by atoms with Crippen molar-refractivity contribution in [3.8, 4) is 6.07 Å². The number of nitrogens with one attached hydrogen (secondary N) is 1. The van der Waals surface area contributed by atoms with Gasteiger partial charge in [0.25, 0.3) is 0 Å². The maximum atomic E-state index is 11.0. The van der Waals surface area contributed by atoms with E-state index in [0.29, 0.717) is 18.7 Å². The fourth-order valence-corrected chi connectivity index (χ4v) is 1.92. The number of para-hydroxylation sites is 1. The molecule has 20 heavy (non-hydrogen) atoms. The van der Waals surface area contributed by atoms with Crippen LogP contribution in [0.1, 0.15) is 11.4 Å². The molecular weight excluding hydrogens is 258 g/mol. The van der Waals surface area contributed by atoms with Gasteiger partial charge in [-0.05, 0) is 12.1 Å². The van der Waals surface area contributed by atoms with Crippen molar-refractivity contribution in [2.75, 3.05) is 11.9 Å². The van der Waals surface area contributed by atoms with Crippen LogP contribution in [-0.4, -0.2) is 21.0 Å². The lowest BCUT2D eigenvalue weighted by Gasteiger charge is -2.07. The molecule has 0 bridgehead atoms. The molecule has 1 heterocycles. The largest absolute Gasteiger partial charge is 0.379 e. The van der Waals surface area contributed by atoms with Gasteiger partial charge in [0.2, 0.25) is 0 Å². The Kier molecular flexibility index (Phi) is 3.96. The van der Waals surface area contributed by atoms with Crippen LogP contribution in [0.25, 0.3) is 0 Å². The van der Waals surface area contributed by atoms with E-state index in [1.807, 2.05) is 23.9 Å². The van der Waals surface area contributed by atoms with Crippen molar-refractivity contribution in [2.45, 2.75) is 6.42 Å². The second kappa shape index (κ2) is 5.84. The topological polar surface area (TPSA) is 96.8 Å². The van der Waals surface area contributed by atoms with Gasteiger partial charge in [-0.25, -0.2) is 4.98 Å². The van der Waals surface area contributed by atoms with E-state index in [9.17, 15) is 10.1 Å². The lowest BCUT2D eigenvalue weighted by Crippen LogP contribution is -2.10. The SMILES string of the molecule is Cn1ccnc1CCNc1cccc(C#N)c1[N+](=O)[O-]. The highest BCUT2D eigenvalue weighted by molar-refractivity contribution is 5.68. The van der Waals surface area contributed by atoms with Gasteiger partial charge in [-0.15, -0.1) is 0 Å². The number of nitrogens with zero attached hydrogens (tertiary/aromatic N) is 4. The van der Waals surface area contributed by atoms with Crippen LogP contribution < -0.4 is 5.32 Å². The van der Waals surface area contributed by atoms with E-state index >= 15 is 0 Å². The van der Waals surface area contributed by atoms with E-state index in [2.05, 4.69) is 10.3 Å². The number of hydrogen-bond acceptors (Lipinski definition) is 5. The molecule has 0 atom stereocenters. The Labute approximate surface area is 115 Å². The Morgan fingerprint density at radius 1 is 1.55 bits per heavy atom. The maximum Gasteiger partial charge on any atom is 0.309 e. The summed E-state index contributed by atoms with van der Waals surface area (Å²) in [6.45, 7) is 0.501. The van der Waals surface area contributed by atoms with Gasteiger partial charge in [-0.2, -0.15) is 5.26 Å². The van der Waals surface area contributed by atoms with Crippen LogP contribution in [0.3, 0.4) is 0 Å². The minimum Gasteiger partial charge on any atom is -0.379 e. The molecule has 0 saturated heterocycles. The number of anilines is 1. The van der Waals surface area contributed by atoms with Crippen LogP contribution in [-0.2, 0) is 13.5 Å². The zero-order chi connectivity index (χ0) is 14.5. The molecule has 0 amide bonds. The maximum absolute atomic E-state index is 11.0. The number of hydrogen-bond donors (Lipinski definition) is 1. The van der Waals surface area contributed by atoms with Gasteiger partial charge in [0.1, 0.15) is 23.1 Å². The van der Waals surface area contributed by atoms with Gasteiger partial charge in [-0.3, -0.25) is 10.1 Å². The van der Waals surface area contributed by atoms with Crippen LogP contribution in [0.4, 0.5) is 11.4 Å². The number of aryl methyl sites for hydroxylation is 1. The van der Waals surface area contributed by atoms with E-state index in [4.69, 9.17) is 5.26 Å². The first-order valence-corrected chi connectivity index (χ1v) is 6.01. The number of imidazole rings is 1. The molecule has 7 nitrogen and oxygen atoms in total. The van der Waals surface area contributed by atoms with Crippen molar-refractivity contribution in [1.29, 1.82) is 5.26 Å². The van der Waals surface area contributed by atoms with E-state index in [1.54, 1.807) is 18.3 Å². The predicted molar refractivity (Wildman–Crippen MR) is 73.2 cm³/mol. The molecule has 0 fully saturated rings. The molecule has 2 rings (SSSR count). The molecule has 0 spiro atoms. The van der Waals surface area contributed by atoms with Crippen molar-refractivity contribution in [1.82, 2.24) is 9.55 Å². The Hall–Kier alpha value is -2.88. The first-order valence-electron chi connectivity index (χ1n) is 6.01. The normalized spacial score (nSPS) is 10.0. The molecule has 1 N–H and O–H groups in total. The number of nitro groups is 1. The second-order valence-corrected chi connectivity index (χ2v) is 4.20. The van der Waals surface area contributed by atoms with Gasteiger partial charge in [0, 0.05) is 32.4 Å². The molecule has 0 aliphatic carbocycles. The summed E-state index contributed by atoms with van der Waals surface area (Å²) in [6.07, 6.45) is 4.18. The molecule has 0 radical (unpaired) electrons. The highest BCUT2D eigenvalue weighted by atomic mass is 16.6. The van der Waals surface area contributed by atoms with Crippen molar-refractivity contribution < 1.29 is 4.92 Å². The average molecular weight is 271 g/mol. The van der Waals surface area contributed by atoms with Crippen LogP contribution in [0.2, 0.25) is 0 Å². The Bertz CT molecular complexity index is 672. The number of benzene rings is 1. The summed E-state index contributed by atoms with van der Waals surface area (Å²) < 4.78 is 1.89. The molecule has 2 aromatic rings. The molecule has 0 aliphatic rings. The first kappa shape index (κ1) is 13.5. The lowest BCUT2D eigenvalue weighted by molar-refractivity contribution is -0.384. The second-order valence-electron chi connectivity index (χ2n) is 4.20. The standard InChI is InChI=1S/C13H13N5O2/c1-17-8-7-16-12(17)5-6-15-11-4-2-3-10(9-14)13(11)18(19)20/h2-4,7-8,15H,5-6H2,1H3. The van der Waals surface area contributed by atoms with Crippen molar-refractivity contribution in [3.63, 3.8) is 0 Å². The zero-order valence-electron chi connectivity index (χ0n) is 10.9. The van der Waals surface area contributed by atoms with Gasteiger partial charge in [-0.1, -0.05) is 6.07 Å². The summed E-state index contributed by atoms with van der Waals surface area (Å²) in [4.78, 5) is 14.7. The zero-order valence-corrected chi connectivity index (χ0v) is 10.9. The fourth-order valence-electron chi connectivity index (χ4n) is 1.92. The number of aromatic nitrogens is 2. The van der Waals surface area contributed by atoms with Crippen LogP contribution >= 0.6 is 0 Å². The van der Waals surface area contributed by atoms with E-state index in [0.717, 1.165) is 5.82 Å². The van der Waals surface area contributed by atoms with Gasteiger partial charge in [0.05, 0.1) is 4.92 Å². The third-order valence-electron chi connectivity index (χ3n) is 2.92. The number of nitriles is 1. The van der Waals surface area contributed by atoms with Crippen LogP contribution in [0.5, 0.6) is 0 Å². The van der Waals surface area contributed by atoms with Crippen molar-refractivity contribution in [3.05, 3.63) is 52.1 Å². The van der Waals surface area contributed by atoms with Crippen LogP contribution in [0, 0.1) is 21.4 Å². The molecule has 7 heteroatoms. The summed E-state index contributed by atoms with van der Waals surface area (Å²) in [5, 5.41) is 22.9. The molecular formula is C13H13N5O2. The van der Waals surface area contributed by atoms with Gasteiger partial charge < -0.3 is 9.88 Å². The minimum atomic E-state index is -0.540. The lowest BCUT2D eigenvalue weighted by atomic mass is 10.1. The molecule has 1 aromatic heterocycles. The fraction of sp³-hybridized carbons (Fsp3) is 0.231. The summed E-state index contributed by atoms with van der Waals surface area (Å²) in [5.74, 6) is 0.886. The van der Waals surface area contributed by atoms with Crippen molar-refractivity contribution >= 4 is 11.4 Å². The summed E-state index contributed by atoms with van der Waals surface area (Å²) in [5.41, 5.74) is 0.218. The first-order chi connectivity index (χ1) is 9.63. The molecule has 1 aromatic carbocycles. The highest BCUT2D eigenvalue weighted by Gasteiger charge is 2.19. The smallest absolute Gasteiger partial charge is 0.309 e. The Morgan fingerprint density at radius 2 is 2.35 bits per heavy atom. The summed E-state index contributed by atoms with van der Waals surface area (Å²) in [7, 11) is 1.89. The quantitative estimate of drug-likeness (QED) is 0.661. The number of rotatable bonds is 5. The Morgan fingerprint density at radius 3 is 2.95 bits per heavy atom. The average Bonchev–Trinajstić information content (AvgIpc) is 2.84. The third-order valence-corrected chi connectivity index (χ3v) is 2.92. The minimum absolute atomic E-state index is 0.0528. The molecule has 0 saturated carbocycles. The summed E-state index contributed by atoms with van der Waals surface area (Å²) in [6, 6.07) is 6.48. The van der Waals surface area contributed by atoms with Crippen molar-refractivity contribution in [2.24, 2.45) is 7.05 Å². The predicted octanol–water partition coefficient (Wildman–Crippen LogP) is 1.85. The highest BCUT2D eigenvalue weighted by Crippen LogP contribution is 2.27. The van der Waals surface area contributed by atoms with Gasteiger partial charge >= 0.3 is 5.69 Å². The summed E-state index contributed by atoms with van der Waals surface area (Å²) >= 11 is 0. The van der Waals surface area contributed by atoms with E-state index in [-0.39, 0.29) is 11.3 Å². The van der Waals surface area contributed by atoms with Gasteiger partial charge in [0.15, 0.2) is 0 Å². The third kappa shape index (κ3) is 2.75. The Balaban J connectivity index is 2.12.